The molecule has 44 heavy (non-hydrogen) atoms. The van der Waals surface area contributed by atoms with Gasteiger partial charge in [0.25, 0.3) is 5.91 Å². The smallest absolute Gasteiger partial charge is 0.332 e. The van der Waals surface area contributed by atoms with Gasteiger partial charge in [0.15, 0.2) is 5.15 Å². The summed E-state index contributed by atoms with van der Waals surface area (Å²) in [6.45, 7) is 6.54. The van der Waals surface area contributed by atoms with Gasteiger partial charge in [-0.05, 0) is 68.5 Å². The van der Waals surface area contributed by atoms with Crippen molar-refractivity contribution >= 4 is 34.9 Å². The predicted octanol–water partition coefficient (Wildman–Crippen LogP) is 5.84. The Labute approximate surface area is 261 Å². The number of piperidine rings is 1. The molecule has 0 atom stereocenters. The zero-order chi connectivity index (χ0) is 31.0. The Hall–Kier alpha value is -4.20. The number of methoxy groups -OCH3 is 1. The van der Waals surface area contributed by atoms with Crippen molar-refractivity contribution in [3.05, 3.63) is 70.6 Å². The number of pyridine rings is 1. The fourth-order valence-corrected chi connectivity index (χ4v) is 6.97. The zero-order valence-corrected chi connectivity index (χ0v) is 25.6. The number of carbonyl (C=O) groups is 2. The molecule has 228 valence electrons. The van der Waals surface area contributed by atoms with E-state index in [0.29, 0.717) is 32.5 Å². The molecule has 3 fully saturated rings. The number of benzene rings is 2. The first-order valence-electron chi connectivity index (χ1n) is 15.0. The van der Waals surface area contributed by atoms with Gasteiger partial charge in [-0.15, -0.1) is 0 Å². The third kappa shape index (κ3) is 5.24. The zero-order valence-electron chi connectivity index (χ0n) is 24.9. The van der Waals surface area contributed by atoms with Crippen LogP contribution >= 0.6 is 11.6 Å². The van der Waals surface area contributed by atoms with E-state index in [2.05, 4.69) is 39.0 Å². The third-order valence-electron chi connectivity index (χ3n) is 9.04. The molecule has 2 aromatic carbocycles. The number of hydrogen-bond acceptors (Lipinski definition) is 7. The highest BCUT2D eigenvalue weighted by atomic mass is 35.5. The van der Waals surface area contributed by atoms with Gasteiger partial charge >= 0.3 is 6.03 Å². The van der Waals surface area contributed by atoms with E-state index >= 15 is 0 Å². The van der Waals surface area contributed by atoms with Gasteiger partial charge in [0.1, 0.15) is 22.8 Å². The van der Waals surface area contributed by atoms with Gasteiger partial charge < -0.3 is 14.5 Å². The summed E-state index contributed by atoms with van der Waals surface area (Å²) in [5, 5.41) is 9.18. The molecule has 4 heterocycles. The van der Waals surface area contributed by atoms with Crippen LogP contribution in [0.15, 0.2) is 48.5 Å². The second-order valence-corrected chi connectivity index (χ2v) is 11.9. The molecule has 0 aliphatic carbocycles. The molecule has 0 unspecified atom stereocenters. The number of rotatable bonds is 7. The van der Waals surface area contributed by atoms with Gasteiger partial charge in [-0.25, -0.2) is 19.1 Å². The normalized spacial score (nSPS) is 18.4. The molecule has 0 radical (unpaired) electrons. The third-order valence-corrected chi connectivity index (χ3v) is 9.32. The molecular weight excluding hydrogens is 583 g/mol. The summed E-state index contributed by atoms with van der Waals surface area (Å²) in [5.74, 6) is -0.761. The molecule has 0 saturated carbocycles. The molecule has 1 aromatic heterocycles. The standard InChI is InChI=1S/C33H34ClFN6O3/c1-3-40-32(43)41(27-19-28(44-2)29(37-30(27)34)24-16-23(20-36)17-25(35)18-24)31(42)33(40)10-14-38(15-11-33)21-22-6-8-26(9-7-22)39-12-4-5-13-39/h6-9,16-19H,3-5,10-15,21H2,1-2H3. The van der Waals surface area contributed by atoms with E-state index in [1.54, 1.807) is 4.90 Å². The summed E-state index contributed by atoms with van der Waals surface area (Å²) in [6.07, 6.45) is 3.47. The number of aromatic nitrogens is 1. The van der Waals surface area contributed by atoms with Crippen molar-refractivity contribution in [3.8, 4) is 23.1 Å². The molecule has 11 heteroatoms. The summed E-state index contributed by atoms with van der Waals surface area (Å²) in [4.78, 5) is 39.8. The van der Waals surface area contributed by atoms with Gasteiger partial charge in [0.2, 0.25) is 0 Å². The number of nitriles is 1. The maximum atomic E-state index is 14.2. The topological polar surface area (TPSA) is 93.0 Å². The van der Waals surface area contributed by atoms with Gasteiger partial charge in [-0.1, -0.05) is 23.7 Å². The first kappa shape index (κ1) is 29.9. The van der Waals surface area contributed by atoms with Crippen LogP contribution in [0.2, 0.25) is 5.15 Å². The van der Waals surface area contributed by atoms with E-state index in [9.17, 15) is 19.2 Å². The Morgan fingerprint density at radius 1 is 1.05 bits per heavy atom. The number of likely N-dealkylation sites (tertiary alicyclic amines) is 1. The molecule has 1 spiro atoms. The number of carbonyl (C=O) groups excluding carboxylic acids is 2. The number of imide groups is 1. The first-order chi connectivity index (χ1) is 21.3. The molecule has 3 amide bonds. The van der Waals surface area contributed by atoms with Crippen LogP contribution in [0.1, 0.15) is 43.7 Å². The van der Waals surface area contributed by atoms with Crippen LogP contribution in [0.5, 0.6) is 5.75 Å². The first-order valence-corrected chi connectivity index (χ1v) is 15.3. The minimum absolute atomic E-state index is 0.104. The molecular formula is C33H34ClFN6O3. The summed E-state index contributed by atoms with van der Waals surface area (Å²) in [5.41, 5.74) is 2.20. The maximum Gasteiger partial charge on any atom is 0.332 e. The van der Waals surface area contributed by atoms with Crippen molar-refractivity contribution in [2.45, 2.75) is 44.7 Å². The van der Waals surface area contributed by atoms with Crippen LogP contribution in [-0.4, -0.2) is 72.1 Å². The minimum atomic E-state index is -0.985. The Morgan fingerprint density at radius 3 is 2.39 bits per heavy atom. The van der Waals surface area contributed by atoms with Crippen molar-refractivity contribution in [2.24, 2.45) is 0 Å². The quantitative estimate of drug-likeness (QED) is 0.243. The van der Waals surface area contributed by atoms with Gasteiger partial charge in [0.05, 0.1) is 24.4 Å². The lowest BCUT2D eigenvalue weighted by atomic mass is 9.85. The molecule has 3 aliphatic rings. The molecule has 9 nitrogen and oxygen atoms in total. The van der Waals surface area contributed by atoms with E-state index in [0.717, 1.165) is 30.6 Å². The number of halogens is 2. The molecule has 0 bridgehead atoms. The van der Waals surface area contributed by atoms with Gasteiger partial charge in [0, 0.05) is 56.6 Å². The van der Waals surface area contributed by atoms with E-state index in [1.807, 2.05) is 13.0 Å². The van der Waals surface area contributed by atoms with Crippen LogP contribution in [0.4, 0.5) is 20.6 Å². The second kappa shape index (κ2) is 12.1. The fourth-order valence-electron chi connectivity index (χ4n) is 6.75. The van der Waals surface area contributed by atoms with Crippen LogP contribution < -0.4 is 14.5 Å². The van der Waals surface area contributed by atoms with Crippen LogP contribution in [0.25, 0.3) is 11.3 Å². The summed E-state index contributed by atoms with van der Waals surface area (Å²) in [7, 11) is 1.41. The SMILES string of the molecule is CCN1C(=O)N(c2cc(OC)c(-c3cc(F)cc(C#N)c3)nc2Cl)C(=O)C12CCN(Cc1ccc(N3CCCC3)cc1)CC2. The molecule has 3 aromatic rings. The molecule has 3 aliphatic heterocycles. The number of ether oxygens (including phenoxy) is 1. The Bertz CT molecular complexity index is 1630. The average molecular weight is 617 g/mol. The number of hydrogen-bond donors (Lipinski definition) is 0. The number of anilines is 2. The van der Waals surface area contributed by atoms with Gasteiger partial charge in [-0.2, -0.15) is 5.26 Å². The van der Waals surface area contributed by atoms with Crippen molar-refractivity contribution in [1.82, 2.24) is 14.8 Å². The van der Waals surface area contributed by atoms with Crippen LogP contribution in [0.3, 0.4) is 0 Å². The number of urea groups is 1. The largest absolute Gasteiger partial charge is 0.494 e. The lowest BCUT2D eigenvalue weighted by Crippen LogP contribution is -2.56. The molecule has 6 rings (SSSR count). The lowest BCUT2D eigenvalue weighted by molar-refractivity contribution is -0.127. The van der Waals surface area contributed by atoms with E-state index in [1.165, 1.54) is 49.4 Å². The Balaban J connectivity index is 1.22. The highest BCUT2D eigenvalue weighted by Gasteiger charge is 2.58. The maximum absolute atomic E-state index is 14.2. The monoisotopic (exact) mass is 616 g/mol. The van der Waals surface area contributed by atoms with Crippen LogP contribution in [0, 0.1) is 17.1 Å². The van der Waals surface area contributed by atoms with E-state index < -0.39 is 17.4 Å². The summed E-state index contributed by atoms with van der Waals surface area (Å²) in [6, 6.07) is 15.5. The van der Waals surface area contributed by atoms with Crippen molar-refractivity contribution in [3.63, 3.8) is 0 Å². The van der Waals surface area contributed by atoms with Gasteiger partial charge in [-0.3, -0.25) is 9.69 Å². The Morgan fingerprint density at radius 2 is 1.75 bits per heavy atom. The van der Waals surface area contributed by atoms with Crippen molar-refractivity contribution in [1.29, 1.82) is 5.26 Å². The average Bonchev–Trinajstić information content (AvgIpc) is 3.64. The van der Waals surface area contributed by atoms with Crippen molar-refractivity contribution in [2.75, 3.05) is 49.6 Å². The highest BCUT2D eigenvalue weighted by Crippen LogP contribution is 2.43. The second-order valence-electron chi connectivity index (χ2n) is 11.5. The predicted molar refractivity (Wildman–Crippen MR) is 166 cm³/mol. The Kier molecular flexibility index (Phi) is 8.18. The summed E-state index contributed by atoms with van der Waals surface area (Å²) >= 11 is 6.62. The van der Waals surface area contributed by atoms with Crippen LogP contribution in [-0.2, 0) is 11.3 Å². The number of amides is 3. The molecule has 3 saturated heterocycles. The van der Waals surface area contributed by atoms with Crippen molar-refractivity contribution < 1.29 is 18.7 Å². The minimum Gasteiger partial charge on any atom is -0.494 e. The number of likely N-dealkylation sites (N-methyl/N-ethyl adjacent to an activating group) is 1. The lowest BCUT2D eigenvalue weighted by Gasteiger charge is -2.41. The molecule has 0 N–H and O–H groups in total. The fraction of sp³-hybridized carbons (Fsp3) is 0.394. The number of nitrogens with zero attached hydrogens (tertiary/aromatic N) is 6. The highest BCUT2D eigenvalue weighted by molar-refractivity contribution is 6.35. The van der Waals surface area contributed by atoms with E-state index in [4.69, 9.17) is 16.3 Å². The summed E-state index contributed by atoms with van der Waals surface area (Å²) < 4.78 is 19.7. The van der Waals surface area contributed by atoms with E-state index in [-0.39, 0.29) is 39.3 Å².